The van der Waals surface area contributed by atoms with Crippen LogP contribution in [0.5, 0.6) is 0 Å². The quantitative estimate of drug-likeness (QED) is 0.868. The molecule has 104 valence electrons. The smallest absolute Gasteiger partial charge is 0.239 e. The molecule has 5 nitrogen and oxygen atoms in total. The monoisotopic (exact) mass is 262 g/mol. The molecule has 5 heteroatoms. The van der Waals surface area contributed by atoms with Crippen LogP contribution >= 0.6 is 0 Å². The van der Waals surface area contributed by atoms with E-state index in [4.69, 9.17) is 0 Å². The van der Waals surface area contributed by atoms with Crippen LogP contribution in [0.4, 0.5) is 0 Å². The summed E-state index contributed by atoms with van der Waals surface area (Å²) in [5.74, 6) is 1.27. The van der Waals surface area contributed by atoms with Gasteiger partial charge < -0.3 is 9.88 Å². The van der Waals surface area contributed by atoms with Crippen molar-refractivity contribution >= 4 is 5.91 Å². The van der Waals surface area contributed by atoms with Crippen LogP contribution in [-0.4, -0.2) is 51.4 Å². The van der Waals surface area contributed by atoms with E-state index in [2.05, 4.69) is 14.9 Å². The van der Waals surface area contributed by atoms with E-state index < -0.39 is 0 Å². The molecule has 19 heavy (non-hydrogen) atoms. The molecule has 1 aromatic rings. The second kappa shape index (κ2) is 4.96. The van der Waals surface area contributed by atoms with E-state index in [0.717, 1.165) is 51.3 Å². The summed E-state index contributed by atoms with van der Waals surface area (Å²) in [7, 11) is 0. The molecule has 0 radical (unpaired) electrons. The summed E-state index contributed by atoms with van der Waals surface area (Å²) >= 11 is 0. The molecular formula is C14H22N4O. The van der Waals surface area contributed by atoms with Crippen molar-refractivity contribution < 1.29 is 4.79 Å². The Balaban J connectivity index is 1.68. The van der Waals surface area contributed by atoms with Crippen LogP contribution in [-0.2, 0) is 17.8 Å². The lowest BCUT2D eigenvalue weighted by atomic mass is 10.1. The first-order valence-electron chi connectivity index (χ1n) is 7.22. The second-order valence-electron chi connectivity index (χ2n) is 5.68. The average Bonchev–Trinajstić information content (AvgIpc) is 3.03. The highest BCUT2D eigenvalue weighted by atomic mass is 16.2. The van der Waals surface area contributed by atoms with Gasteiger partial charge in [0.2, 0.25) is 5.91 Å². The van der Waals surface area contributed by atoms with Gasteiger partial charge in [0.1, 0.15) is 5.82 Å². The first-order valence-corrected chi connectivity index (χ1v) is 7.22. The molecule has 1 unspecified atom stereocenters. The summed E-state index contributed by atoms with van der Waals surface area (Å²) in [5.41, 5.74) is 2.36. The predicted octanol–water partition coefficient (Wildman–Crippen LogP) is 1.09. The Morgan fingerprint density at radius 1 is 1.32 bits per heavy atom. The number of amides is 1. The van der Waals surface area contributed by atoms with Gasteiger partial charge in [-0.2, -0.15) is 0 Å². The van der Waals surface area contributed by atoms with Gasteiger partial charge in [-0.15, -0.1) is 0 Å². The van der Waals surface area contributed by atoms with Gasteiger partial charge in [-0.25, -0.2) is 4.98 Å². The number of imidazole rings is 1. The van der Waals surface area contributed by atoms with E-state index in [0.29, 0.717) is 0 Å². The van der Waals surface area contributed by atoms with Crippen LogP contribution < -0.4 is 0 Å². The Morgan fingerprint density at radius 2 is 2.05 bits per heavy atom. The topological polar surface area (TPSA) is 52.2 Å². The van der Waals surface area contributed by atoms with Crippen LogP contribution in [0.1, 0.15) is 37.0 Å². The van der Waals surface area contributed by atoms with Crippen molar-refractivity contribution in [3.63, 3.8) is 0 Å². The number of fused-ring (bicyclic) bond motifs is 1. The molecule has 1 fully saturated rings. The molecule has 1 saturated heterocycles. The Kier molecular flexibility index (Phi) is 3.31. The van der Waals surface area contributed by atoms with E-state index in [-0.39, 0.29) is 11.9 Å². The summed E-state index contributed by atoms with van der Waals surface area (Å²) < 4.78 is 0. The van der Waals surface area contributed by atoms with Crippen LogP contribution in [0.15, 0.2) is 0 Å². The SMILES string of the molecule is Cc1nc2c([nH]1)CN(C(C)C(=O)N1CCCC1)CC2. The minimum atomic E-state index is -0.0187. The minimum absolute atomic E-state index is 0.0187. The maximum atomic E-state index is 12.4. The molecule has 3 rings (SSSR count). The standard InChI is InChI=1S/C14H22N4O/c1-10(14(19)17-6-3-4-7-17)18-8-5-12-13(9-18)16-11(2)15-12/h10H,3-9H2,1-2H3,(H,15,16). The summed E-state index contributed by atoms with van der Waals surface area (Å²) in [6.07, 6.45) is 3.25. The van der Waals surface area contributed by atoms with Gasteiger partial charge in [-0.3, -0.25) is 9.69 Å². The maximum Gasteiger partial charge on any atom is 0.239 e. The zero-order valence-electron chi connectivity index (χ0n) is 11.8. The number of aromatic amines is 1. The number of hydrogen-bond acceptors (Lipinski definition) is 3. The van der Waals surface area contributed by atoms with Gasteiger partial charge in [0, 0.05) is 32.6 Å². The number of carbonyl (C=O) groups excluding carboxylic acids is 1. The number of rotatable bonds is 2. The fourth-order valence-corrected chi connectivity index (χ4v) is 3.15. The number of hydrogen-bond donors (Lipinski definition) is 1. The third kappa shape index (κ3) is 2.39. The fraction of sp³-hybridized carbons (Fsp3) is 0.714. The summed E-state index contributed by atoms with van der Waals surface area (Å²) in [4.78, 5) is 24.5. The van der Waals surface area contributed by atoms with Crippen molar-refractivity contribution in [3.05, 3.63) is 17.2 Å². The van der Waals surface area contributed by atoms with Crippen molar-refractivity contribution in [2.24, 2.45) is 0 Å². The largest absolute Gasteiger partial charge is 0.345 e. The van der Waals surface area contributed by atoms with Crippen molar-refractivity contribution in [2.45, 2.75) is 45.7 Å². The molecule has 3 heterocycles. The van der Waals surface area contributed by atoms with Gasteiger partial charge in [0.25, 0.3) is 0 Å². The van der Waals surface area contributed by atoms with Crippen LogP contribution in [0, 0.1) is 6.92 Å². The molecule has 2 aliphatic heterocycles. The molecule has 0 bridgehead atoms. The Morgan fingerprint density at radius 3 is 2.79 bits per heavy atom. The summed E-state index contributed by atoms with van der Waals surface area (Å²) in [6, 6.07) is -0.0187. The fourth-order valence-electron chi connectivity index (χ4n) is 3.15. The number of aryl methyl sites for hydroxylation is 1. The molecule has 1 aromatic heterocycles. The van der Waals surface area contributed by atoms with Crippen molar-refractivity contribution in [1.82, 2.24) is 19.8 Å². The van der Waals surface area contributed by atoms with Gasteiger partial charge in [-0.05, 0) is 26.7 Å². The number of aromatic nitrogens is 2. The van der Waals surface area contributed by atoms with Crippen molar-refractivity contribution in [3.8, 4) is 0 Å². The zero-order valence-corrected chi connectivity index (χ0v) is 11.8. The molecule has 0 saturated carbocycles. The molecule has 1 N–H and O–H groups in total. The number of carbonyl (C=O) groups is 1. The Labute approximate surface area is 114 Å². The van der Waals surface area contributed by atoms with Crippen molar-refractivity contribution in [1.29, 1.82) is 0 Å². The Bertz CT molecular complexity index is 476. The first-order chi connectivity index (χ1) is 9.15. The molecule has 0 spiro atoms. The third-order valence-electron chi connectivity index (χ3n) is 4.30. The molecule has 2 aliphatic rings. The highest BCUT2D eigenvalue weighted by molar-refractivity contribution is 5.81. The van der Waals surface area contributed by atoms with E-state index in [1.807, 2.05) is 18.7 Å². The second-order valence-corrected chi connectivity index (χ2v) is 5.68. The lowest BCUT2D eigenvalue weighted by Crippen LogP contribution is -2.47. The highest BCUT2D eigenvalue weighted by Crippen LogP contribution is 2.20. The highest BCUT2D eigenvalue weighted by Gasteiger charge is 2.30. The molecule has 1 amide bonds. The van der Waals surface area contributed by atoms with E-state index in [1.165, 1.54) is 11.4 Å². The predicted molar refractivity (Wildman–Crippen MR) is 72.7 cm³/mol. The third-order valence-corrected chi connectivity index (χ3v) is 4.30. The molecular weight excluding hydrogens is 240 g/mol. The minimum Gasteiger partial charge on any atom is -0.345 e. The zero-order chi connectivity index (χ0) is 13.4. The van der Waals surface area contributed by atoms with Gasteiger partial charge in [-0.1, -0.05) is 0 Å². The normalized spacial score (nSPS) is 21.5. The summed E-state index contributed by atoms with van der Waals surface area (Å²) in [5, 5.41) is 0. The molecule has 0 aliphatic carbocycles. The van der Waals surface area contributed by atoms with Gasteiger partial charge in [0.15, 0.2) is 0 Å². The molecule has 1 atom stereocenters. The van der Waals surface area contributed by atoms with Crippen LogP contribution in [0.25, 0.3) is 0 Å². The molecule has 0 aromatic carbocycles. The van der Waals surface area contributed by atoms with E-state index in [9.17, 15) is 4.79 Å². The summed E-state index contributed by atoms with van der Waals surface area (Å²) in [6.45, 7) is 7.64. The van der Waals surface area contributed by atoms with E-state index in [1.54, 1.807) is 0 Å². The number of likely N-dealkylation sites (tertiary alicyclic amines) is 1. The lowest BCUT2D eigenvalue weighted by molar-refractivity contribution is -0.135. The van der Waals surface area contributed by atoms with E-state index >= 15 is 0 Å². The lowest BCUT2D eigenvalue weighted by Gasteiger charge is -2.33. The van der Waals surface area contributed by atoms with Gasteiger partial charge in [0.05, 0.1) is 17.4 Å². The number of H-pyrrole nitrogens is 1. The number of nitrogens with one attached hydrogen (secondary N) is 1. The average molecular weight is 262 g/mol. The first kappa shape index (κ1) is 12.7. The van der Waals surface area contributed by atoms with Crippen molar-refractivity contribution in [2.75, 3.05) is 19.6 Å². The maximum absolute atomic E-state index is 12.4. The Hall–Kier alpha value is -1.36. The number of nitrogens with zero attached hydrogens (tertiary/aromatic N) is 3. The van der Waals surface area contributed by atoms with Crippen LogP contribution in [0.2, 0.25) is 0 Å². The van der Waals surface area contributed by atoms with Crippen LogP contribution in [0.3, 0.4) is 0 Å². The van der Waals surface area contributed by atoms with Gasteiger partial charge >= 0.3 is 0 Å².